The molecule has 0 aliphatic carbocycles. The third kappa shape index (κ3) is 6.99. The van der Waals surface area contributed by atoms with E-state index in [1.165, 1.54) is 7.11 Å². The standard InChI is InChI=1S/C32H34O11/c1-38-23-8-5-19-7-10-25(14-22(19)12-23)41-17-26(42-32-30(36)29(35)28(34)27(15-33)43-32)16-40-24-9-6-18-3-4-20(31(37)39-2)11-21(18)13-24/h3-14,26-30,32-36H,15-17H2,1-2H3/t26?,27-,28-,29+,30+,32+/m1/s1. The molecular formula is C32H34O11. The first kappa shape index (κ1) is 30.5. The van der Waals surface area contributed by atoms with Crippen LogP contribution in [0.2, 0.25) is 0 Å². The Balaban J connectivity index is 1.34. The van der Waals surface area contributed by atoms with Crippen molar-refractivity contribution in [3.05, 3.63) is 78.4 Å². The number of carbonyl (C=O) groups is 1. The molecular weight excluding hydrogens is 560 g/mol. The van der Waals surface area contributed by atoms with E-state index in [2.05, 4.69) is 0 Å². The summed E-state index contributed by atoms with van der Waals surface area (Å²) in [7, 11) is 2.91. The van der Waals surface area contributed by atoms with Gasteiger partial charge in [0.1, 0.15) is 61.0 Å². The number of fused-ring (bicyclic) bond motifs is 2. The summed E-state index contributed by atoms with van der Waals surface area (Å²) in [5.41, 5.74) is 0.400. The van der Waals surface area contributed by atoms with Crippen molar-refractivity contribution in [2.75, 3.05) is 34.0 Å². The molecule has 0 bridgehead atoms. The second kappa shape index (κ2) is 13.6. The van der Waals surface area contributed by atoms with Crippen molar-refractivity contribution in [1.29, 1.82) is 0 Å². The number of hydrogen-bond donors (Lipinski definition) is 4. The zero-order valence-electron chi connectivity index (χ0n) is 23.7. The Labute approximate surface area is 247 Å². The van der Waals surface area contributed by atoms with Gasteiger partial charge in [-0.2, -0.15) is 0 Å². The molecule has 1 fully saturated rings. The number of rotatable bonds is 11. The molecule has 0 aromatic heterocycles. The second-order valence-corrected chi connectivity index (χ2v) is 10.2. The molecule has 4 N–H and O–H groups in total. The van der Waals surface area contributed by atoms with E-state index >= 15 is 0 Å². The molecule has 1 saturated heterocycles. The molecule has 1 unspecified atom stereocenters. The molecule has 6 atom stereocenters. The van der Waals surface area contributed by atoms with Gasteiger partial charge in [0.05, 0.1) is 26.4 Å². The largest absolute Gasteiger partial charge is 0.497 e. The number of ether oxygens (including phenoxy) is 6. The smallest absolute Gasteiger partial charge is 0.337 e. The van der Waals surface area contributed by atoms with Gasteiger partial charge in [0.2, 0.25) is 0 Å². The molecule has 1 aliphatic rings. The molecule has 11 nitrogen and oxygen atoms in total. The Morgan fingerprint density at radius 2 is 1.30 bits per heavy atom. The Morgan fingerprint density at radius 1 is 0.744 bits per heavy atom. The number of benzene rings is 4. The highest BCUT2D eigenvalue weighted by Crippen LogP contribution is 2.27. The first-order valence-corrected chi connectivity index (χ1v) is 13.7. The average molecular weight is 595 g/mol. The number of esters is 1. The van der Waals surface area contributed by atoms with E-state index in [9.17, 15) is 25.2 Å². The van der Waals surface area contributed by atoms with Crippen molar-refractivity contribution >= 4 is 27.5 Å². The first-order valence-electron chi connectivity index (χ1n) is 13.7. The van der Waals surface area contributed by atoms with Crippen LogP contribution in [-0.2, 0) is 14.2 Å². The fraction of sp³-hybridized carbons (Fsp3) is 0.344. The van der Waals surface area contributed by atoms with Gasteiger partial charge >= 0.3 is 5.97 Å². The predicted octanol–water partition coefficient (Wildman–Crippen LogP) is 2.43. The summed E-state index contributed by atoms with van der Waals surface area (Å²) in [6, 6.07) is 21.8. The molecule has 228 valence electrons. The van der Waals surface area contributed by atoms with Crippen LogP contribution in [0.15, 0.2) is 72.8 Å². The van der Waals surface area contributed by atoms with Gasteiger partial charge in [-0.1, -0.05) is 24.3 Å². The topological polar surface area (TPSA) is 153 Å². The summed E-state index contributed by atoms with van der Waals surface area (Å²) in [6.07, 6.45) is -8.06. The Kier molecular flexibility index (Phi) is 9.61. The summed E-state index contributed by atoms with van der Waals surface area (Å²) >= 11 is 0. The highest BCUT2D eigenvalue weighted by atomic mass is 16.7. The van der Waals surface area contributed by atoms with Crippen molar-refractivity contribution in [2.24, 2.45) is 0 Å². The van der Waals surface area contributed by atoms with Gasteiger partial charge in [0.25, 0.3) is 0 Å². The first-order chi connectivity index (χ1) is 20.8. The molecule has 4 aromatic carbocycles. The van der Waals surface area contributed by atoms with Crippen molar-refractivity contribution in [1.82, 2.24) is 0 Å². The van der Waals surface area contributed by atoms with Crippen molar-refractivity contribution < 1.29 is 53.6 Å². The van der Waals surface area contributed by atoms with Crippen LogP contribution in [0.4, 0.5) is 0 Å². The minimum atomic E-state index is -1.60. The van der Waals surface area contributed by atoms with Crippen LogP contribution in [0.1, 0.15) is 10.4 Å². The molecule has 1 aliphatic heterocycles. The zero-order chi connectivity index (χ0) is 30.5. The number of carbonyl (C=O) groups excluding carboxylic acids is 1. The summed E-state index contributed by atoms with van der Waals surface area (Å²) in [6.45, 7) is -0.684. The Morgan fingerprint density at radius 3 is 1.88 bits per heavy atom. The molecule has 1 heterocycles. The van der Waals surface area contributed by atoms with Crippen molar-refractivity contribution in [2.45, 2.75) is 36.8 Å². The highest BCUT2D eigenvalue weighted by molar-refractivity contribution is 5.95. The van der Waals surface area contributed by atoms with Crippen LogP contribution >= 0.6 is 0 Å². The van der Waals surface area contributed by atoms with Crippen molar-refractivity contribution in [3.63, 3.8) is 0 Å². The maximum Gasteiger partial charge on any atom is 0.337 e. The normalized spacial score (nSPS) is 22.7. The quantitative estimate of drug-likeness (QED) is 0.189. The van der Waals surface area contributed by atoms with E-state index in [4.69, 9.17) is 28.4 Å². The van der Waals surface area contributed by atoms with Gasteiger partial charge in [-0.25, -0.2) is 4.79 Å². The second-order valence-electron chi connectivity index (χ2n) is 10.2. The van der Waals surface area contributed by atoms with Crippen LogP contribution < -0.4 is 14.2 Å². The molecule has 0 amide bonds. The lowest BCUT2D eigenvalue weighted by Crippen LogP contribution is -2.60. The molecule has 5 rings (SSSR count). The average Bonchev–Trinajstić information content (AvgIpc) is 3.04. The third-order valence-electron chi connectivity index (χ3n) is 7.30. The molecule has 0 radical (unpaired) electrons. The molecule has 43 heavy (non-hydrogen) atoms. The number of methoxy groups -OCH3 is 2. The van der Waals surface area contributed by atoms with Crippen LogP contribution in [0.25, 0.3) is 21.5 Å². The van der Waals surface area contributed by atoms with Gasteiger partial charge in [-0.15, -0.1) is 0 Å². The Bertz CT molecular complexity index is 1560. The fourth-order valence-corrected chi connectivity index (χ4v) is 4.85. The van der Waals surface area contributed by atoms with E-state index in [-0.39, 0.29) is 13.2 Å². The maximum atomic E-state index is 12.0. The van der Waals surface area contributed by atoms with Gasteiger partial charge in [-0.3, -0.25) is 0 Å². The number of aliphatic hydroxyl groups excluding tert-OH is 4. The minimum absolute atomic E-state index is 0.0371. The number of hydrogen-bond acceptors (Lipinski definition) is 11. The van der Waals surface area contributed by atoms with E-state index in [0.29, 0.717) is 22.8 Å². The molecule has 11 heteroatoms. The van der Waals surface area contributed by atoms with Crippen LogP contribution in [0.3, 0.4) is 0 Å². The van der Waals surface area contributed by atoms with Gasteiger partial charge in [-0.05, 0) is 70.1 Å². The lowest BCUT2D eigenvalue weighted by molar-refractivity contribution is -0.314. The van der Waals surface area contributed by atoms with Gasteiger partial charge in [0, 0.05) is 0 Å². The van der Waals surface area contributed by atoms with Crippen LogP contribution in [0, 0.1) is 0 Å². The molecule has 0 saturated carbocycles. The SMILES string of the molecule is COC(=O)c1ccc2ccc(OCC(COc3ccc4ccc(OC)cc4c3)O[C@H]3O[C@H](CO)[C@@H](O)[C@H](O)[C@@H]3O)cc2c1. The third-order valence-corrected chi connectivity index (χ3v) is 7.30. The fourth-order valence-electron chi connectivity index (χ4n) is 4.85. The van der Waals surface area contributed by atoms with Crippen LogP contribution in [0.5, 0.6) is 17.2 Å². The summed E-state index contributed by atoms with van der Waals surface area (Å²) < 4.78 is 33.8. The maximum absolute atomic E-state index is 12.0. The zero-order valence-corrected chi connectivity index (χ0v) is 23.7. The Hall–Kier alpha value is -3.97. The van der Waals surface area contributed by atoms with Crippen LogP contribution in [-0.4, -0.2) is 97.2 Å². The van der Waals surface area contributed by atoms with E-state index < -0.39 is 49.4 Å². The summed E-state index contributed by atoms with van der Waals surface area (Å²) in [4.78, 5) is 12.0. The monoisotopic (exact) mass is 594 g/mol. The lowest BCUT2D eigenvalue weighted by atomic mass is 9.99. The van der Waals surface area contributed by atoms with Crippen molar-refractivity contribution in [3.8, 4) is 17.2 Å². The lowest BCUT2D eigenvalue weighted by Gasteiger charge is -2.40. The summed E-state index contributed by atoms with van der Waals surface area (Å²) in [5.74, 6) is 1.28. The van der Waals surface area contributed by atoms with Gasteiger partial charge < -0.3 is 48.8 Å². The minimum Gasteiger partial charge on any atom is -0.497 e. The molecule has 4 aromatic rings. The van der Waals surface area contributed by atoms with E-state index in [1.54, 1.807) is 31.4 Å². The summed E-state index contributed by atoms with van der Waals surface area (Å²) in [5, 5.41) is 44.1. The highest BCUT2D eigenvalue weighted by Gasteiger charge is 2.45. The van der Waals surface area contributed by atoms with E-state index in [0.717, 1.165) is 21.5 Å². The van der Waals surface area contributed by atoms with E-state index in [1.807, 2.05) is 48.5 Å². The molecule has 0 spiro atoms. The predicted molar refractivity (Wildman–Crippen MR) is 155 cm³/mol. The van der Waals surface area contributed by atoms with Gasteiger partial charge in [0.15, 0.2) is 6.29 Å². The number of aliphatic hydroxyl groups is 4.